The number of nitrogens with two attached hydrogens (primary N) is 1. The first-order valence-electron chi connectivity index (χ1n) is 6.19. The van der Waals surface area contributed by atoms with Gasteiger partial charge in [0, 0.05) is 47.7 Å². The smallest absolute Gasteiger partial charge is 0.0437 e. The Morgan fingerprint density at radius 1 is 1.33 bits per heavy atom. The number of fused-ring (bicyclic) bond motifs is 1. The lowest BCUT2D eigenvalue weighted by molar-refractivity contribution is 0.266. The first-order valence-corrected chi connectivity index (χ1v) is 6.19. The van der Waals surface area contributed by atoms with Gasteiger partial charge in [-0.15, -0.1) is 0 Å². The molecule has 0 saturated heterocycles. The molecule has 0 fully saturated rings. The van der Waals surface area contributed by atoms with Crippen molar-refractivity contribution in [1.82, 2.24) is 4.98 Å². The molecule has 2 rings (SSSR count). The summed E-state index contributed by atoms with van der Waals surface area (Å²) < 4.78 is 0. The van der Waals surface area contributed by atoms with E-state index in [-0.39, 0.29) is 6.61 Å². The molecule has 0 amide bonds. The molecule has 1 aromatic heterocycles. The maximum absolute atomic E-state index is 8.89. The van der Waals surface area contributed by atoms with Crippen LogP contribution in [0.25, 0.3) is 10.8 Å². The number of nitrogens with one attached hydrogen (secondary N) is 1. The molecule has 0 aliphatic carbocycles. The maximum Gasteiger partial charge on any atom is 0.0437 e. The minimum atomic E-state index is 0.229. The second-order valence-electron chi connectivity index (χ2n) is 4.62. The van der Waals surface area contributed by atoms with Gasteiger partial charge in [0.25, 0.3) is 0 Å². The van der Waals surface area contributed by atoms with Gasteiger partial charge in [0.05, 0.1) is 0 Å². The van der Waals surface area contributed by atoms with Crippen molar-refractivity contribution >= 4 is 22.1 Å². The van der Waals surface area contributed by atoms with Crippen molar-refractivity contribution in [3.63, 3.8) is 0 Å². The number of aliphatic hydroxyl groups is 1. The van der Waals surface area contributed by atoms with Crippen LogP contribution in [0.3, 0.4) is 0 Å². The van der Waals surface area contributed by atoms with E-state index in [4.69, 9.17) is 10.8 Å². The summed E-state index contributed by atoms with van der Waals surface area (Å²) in [6.45, 7) is 3.17. The van der Waals surface area contributed by atoms with Gasteiger partial charge in [-0.2, -0.15) is 0 Å². The van der Waals surface area contributed by atoms with Crippen LogP contribution in [0.5, 0.6) is 0 Å². The van der Waals surface area contributed by atoms with E-state index in [1.807, 2.05) is 24.4 Å². The van der Waals surface area contributed by atoms with Crippen LogP contribution in [-0.2, 0) is 0 Å². The van der Waals surface area contributed by atoms with Crippen molar-refractivity contribution in [1.29, 1.82) is 0 Å². The molecule has 0 bridgehead atoms. The predicted octanol–water partition coefficient (Wildman–Crippen LogP) is 2.25. The summed E-state index contributed by atoms with van der Waals surface area (Å²) in [5.74, 6) is 0.430. The molecule has 0 radical (unpaired) electrons. The average molecular weight is 245 g/mol. The van der Waals surface area contributed by atoms with E-state index in [2.05, 4.69) is 17.2 Å². The minimum absolute atomic E-state index is 0.229. The third-order valence-electron chi connectivity index (χ3n) is 3.11. The van der Waals surface area contributed by atoms with Crippen LogP contribution in [-0.4, -0.2) is 23.2 Å². The summed E-state index contributed by atoms with van der Waals surface area (Å²) in [6, 6.07) is 5.80. The molecule has 0 saturated carbocycles. The van der Waals surface area contributed by atoms with Gasteiger partial charge >= 0.3 is 0 Å². The Morgan fingerprint density at radius 3 is 2.94 bits per heavy atom. The van der Waals surface area contributed by atoms with Crippen LogP contribution < -0.4 is 11.1 Å². The van der Waals surface area contributed by atoms with Crippen molar-refractivity contribution in [2.45, 2.75) is 13.3 Å². The normalized spacial score (nSPS) is 12.6. The molecule has 1 aromatic carbocycles. The Balaban J connectivity index is 2.21. The topological polar surface area (TPSA) is 71.2 Å². The predicted molar refractivity (Wildman–Crippen MR) is 75.5 cm³/mol. The third kappa shape index (κ3) is 2.71. The largest absolute Gasteiger partial charge is 0.398 e. The lowest BCUT2D eigenvalue weighted by atomic mass is 10.1. The zero-order chi connectivity index (χ0) is 13.0. The Kier molecular flexibility index (Phi) is 3.99. The van der Waals surface area contributed by atoms with Gasteiger partial charge in [-0.05, 0) is 30.5 Å². The molecule has 0 aliphatic rings. The highest BCUT2D eigenvalue weighted by Crippen LogP contribution is 2.27. The third-order valence-corrected chi connectivity index (χ3v) is 3.11. The van der Waals surface area contributed by atoms with Gasteiger partial charge in [0.1, 0.15) is 0 Å². The zero-order valence-corrected chi connectivity index (χ0v) is 10.6. The number of benzene rings is 1. The first kappa shape index (κ1) is 12.6. The van der Waals surface area contributed by atoms with Gasteiger partial charge in [0.2, 0.25) is 0 Å². The molecular weight excluding hydrogens is 226 g/mol. The van der Waals surface area contributed by atoms with Crippen LogP contribution in [0.4, 0.5) is 11.4 Å². The van der Waals surface area contributed by atoms with Crippen LogP contribution in [0.1, 0.15) is 13.3 Å². The molecule has 4 heteroatoms. The summed E-state index contributed by atoms with van der Waals surface area (Å²) in [4.78, 5) is 4.14. The van der Waals surface area contributed by atoms with E-state index < -0.39 is 0 Å². The molecule has 4 N–H and O–H groups in total. The Hall–Kier alpha value is -1.81. The average Bonchev–Trinajstić information content (AvgIpc) is 2.39. The number of hydrogen-bond acceptors (Lipinski definition) is 4. The Bertz CT molecular complexity index is 527. The van der Waals surface area contributed by atoms with E-state index in [1.165, 1.54) is 0 Å². The van der Waals surface area contributed by atoms with Gasteiger partial charge < -0.3 is 16.2 Å². The lowest BCUT2D eigenvalue weighted by Gasteiger charge is -2.14. The van der Waals surface area contributed by atoms with Crippen LogP contribution in [0.2, 0.25) is 0 Å². The molecule has 1 heterocycles. The Labute approximate surface area is 107 Å². The summed E-state index contributed by atoms with van der Waals surface area (Å²) >= 11 is 0. The summed E-state index contributed by atoms with van der Waals surface area (Å²) in [7, 11) is 0. The van der Waals surface area contributed by atoms with Crippen LogP contribution in [0.15, 0.2) is 30.6 Å². The highest BCUT2D eigenvalue weighted by Gasteiger charge is 2.05. The fourth-order valence-corrected chi connectivity index (χ4v) is 1.97. The highest BCUT2D eigenvalue weighted by atomic mass is 16.3. The van der Waals surface area contributed by atoms with E-state index in [1.54, 1.807) is 6.20 Å². The number of anilines is 2. The molecular formula is C14H19N3O. The molecule has 1 unspecified atom stereocenters. The maximum atomic E-state index is 8.89. The fourth-order valence-electron chi connectivity index (χ4n) is 1.97. The van der Waals surface area contributed by atoms with Crippen molar-refractivity contribution in [2.24, 2.45) is 5.92 Å². The van der Waals surface area contributed by atoms with Crippen molar-refractivity contribution in [3.05, 3.63) is 30.6 Å². The second kappa shape index (κ2) is 5.69. The van der Waals surface area contributed by atoms with Crippen LogP contribution in [0, 0.1) is 5.92 Å². The highest BCUT2D eigenvalue weighted by molar-refractivity contribution is 6.00. The second-order valence-corrected chi connectivity index (χ2v) is 4.62. The quantitative estimate of drug-likeness (QED) is 0.706. The van der Waals surface area contributed by atoms with Gasteiger partial charge in [-0.3, -0.25) is 4.98 Å². The Morgan fingerprint density at radius 2 is 2.17 bits per heavy atom. The molecule has 4 nitrogen and oxygen atoms in total. The zero-order valence-electron chi connectivity index (χ0n) is 10.6. The van der Waals surface area contributed by atoms with E-state index in [0.29, 0.717) is 5.92 Å². The summed E-state index contributed by atoms with van der Waals surface area (Å²) in [5, 5.41) is 14.3. The number of nitrogen functional groups attached to an aromatic ring is 1. The molecule has 0 aliphatic heterocycles. The molecule has 96 valence electrons. The molecule has 18 heavy (non-hydrogen) atoms. The summed E-state index contributed by atoms with van der Waals surface area (Å²) in [5.41, 5.74) is 7.74. The van der Waals surface area contributed by atoms with E-state index in [9.17, 15) is 0 Å². The van der Waals surface area contributed by atoms with Crippen molar-refractivity contribution < 1.29 is 5.11 Å². The first-order chi connectivity index (χ1) is 8.72. The van der Waals surface area contributed by atoms with E-state index >= 15 is 0 Å². The number of nitrogens with zero attached hydrogens (tertiary/aromatic N) is 1. The SMILES string of the molecule is CC(CCO)CNc1ccc(N)c2ccncc12. The molecule has 1 atom stereocenters. The van der Waals surface area contributed by atoms with Gasteiger partial charge in [-0.25, -0.2) is 0 Å². The van der Waals surface area contributed by atoms with Gasteiger partial charge in [0.15, 0.2) is 0 Å². The van der Waals surface area contributed by atoms with Crippen molar-refractivity contribution in [3.8, 4) is 0 Å². The number of aliphatic hydroxyl groups excluding tert-OH is 1. The van der Waals surface area contributed by atoms with Crippen molar-refractivity contribution in [2.75, 3.05) is 24.2 Å². The monoisotopic (exact) mass is 245 g/mol. The van der Waals surface area contributed by atoms with Crippen LogP contribution >= 0.6 is 0 Å². The molecule has 0 spiro atoms. The number of rotatable bonds is 5. The fraction of sp³-hybridized carbons (Fsp3) is 0.357. The van der Waals surface area contributed by atoms with Gasteiger partial charge in [-0.1, -0.05) is 6.92 Å². The summed E-state index contributed by atoms with van der Waals surface area (Å²) in [6.07, 6.45) is 4.37. The van der Waals surface area contributed by atoms with E-state index in [0.717, 1.165) is 35.1 Å². The number of pyridine rings is 1. The molecule has 2 aromatic rings. The standard InChI is InChI=1S/C14H19N3O/c1-10(5-7-18)8-17-14-3-2-13(15)11-4-6-16-9-12(11)14/h2-4,6,9-10,17-18H,5,7-8,15H2,1H3. The lowest BCUT2D eigenvalue weighted by Crippen LogP contribution is -2.12. The number of hydrogen-bond donors (Lipinski definition) is 3. The number of aromatic nitrogens is 1. The minimum Gasteiger partial charge on any atom is -0.398 e.